The standard InChI is InChI=1S/C9H9BrClI/c10-5-1-2-7-3-4-9(12)8(11)6-7/h3-4,6H,1-2,5H2. The number of hydrogen-bond donors (Lipinski definition) is 0. The Morgan fingerprint density at radius 2 is 2.17 bits per heavy atom. The van der Waals surface area contributed by atoms with Gasteiger partial charge in [-0.3, -0.25) is 0 Å². The first-order valence-corrected chi connectivity index (χ1v) is 6.31. The minimum absolute atomic E-state index is 0.864. The third-order valence-electron chi connectivity index (χ3n) is 1.58. The second kappa shape index (κ2) is 5.45. The van der Waals surface area contributed by atoms with Gasteiger partial charge in [-0.25, -0.2) is 0 Å². The van der Waals surface area contributed by atoms with E-state index in [0.717, 1.165) is 26.8 Å². The minimum atomic E-state index is 0.864. The van der Waals surface area contributed by atoms with Crippen LogP contribution < -0.4 is 0 Å². The molecule has 12 heavy (non-hydrogen) atoms. The van der Waals surface area contributed by atoms with Crippen LogP contribution in [0.25, 0.3) is 0 Å². The number of halogens is 3. The quantitative estimate of drug-likeness (QED) is 0.558. The monoisotopic (exact) mass is 358 g/mol. The molecule has 0 N–H and O–H groups in total. The Hall–Kier alpha value is 0.720. The summed E-state index contributed by atoms with van der Waals surface area (Å²) < 4.78 is 1.12. The molecule has 0 bridgehead atoms. The largest absolute Gasteiger partial charge is 0.0928 e. The first-order chi connectivity index (χ1) is 5.74. The summed E-state index contributed by atoms with van der Waals surface area (Å²) in [5.41, 5.74) is 1.32. The lowest BCUT2D eigenvalue weighted by Gasteiger charge is -2.01. The van der Waals surface area contributed by atoms with Crippen molar-refractivity contribution in [3.05, 3.63) is 32.4 Å². The topological polar surface area (TPSA) is 0 Å². The molecular formula is C9H9BrClI. The van der Waals surface area contributed by atoms with Crippen LogP contribution >= 0.6 is 50.1 Å². The SMILES string of the molecule is Clc1cc(CCCBr)ccc1I. The van der Waals surface area contributed by atoms with Crippen molar-refractivity contribution in [2.75, 3.05) is 5.33 Å². The molecule has 3 heteroatoms. The number of benzene rings is 1. The summed E-state index contributed by atoms with van der Waals surface area (Å²) in [4.78, 5) is 0. The third kappa shape index (κ3) is 3.23. The molecule has 1 aromatic rings. The zero-order valence-corrected chi connectivity index (χ0v) is 11.0. The molecule has 0 spiro atoms. The van der Waals surface area contributed by atoms with Crippen LogP contribution in [-0.4, -0.2) is 5.33 Å². The predicted molar refractivity (Wildman–Crippen MR) is 66.3 cm³/mol. The summed E-state index contributed by atoms with van der Waals surface area (Å²) in [6.07, 6.45) is 2.26. The van der Waals surface area contributed by atoms with Gasteiger partial charge in [0.15, 0.2) is 0 Å². The van der Waals surface area contributed by atoms with Crippen LogP contribution in [-0.2, 0) is 6.42 Å². The molecule has 1 rings (SSSR count). The summed E-state index contributed by atoms with van der Waals surface area (Å²) in [5, 5.41) is 1.92. The third-order valence-corrected chi connectivity index (χ3v) is 3.72. The summed E-state index contributed by atoms with van der Waals surface area (Å²) in [7, 11) is 0. The lowest BCUT2D eigenvalue weighted by molar-refractivity contribution is 0.939. The Balaban J connectivity index is 2.69. The van der Waals surface area contributed by atoms with Gasteiger partial charge in [-0.2, -0.15) is 0 Å². The molecule has 0 atom stereocenters. The highest BCUT2D eigenvalue weighted by Crippen LogP contribution is 2.20. The van der Waals surface area contributed by atoms with E-state index in [1.165, 1.54) is 5.56 Å². The average Bonchev–Trinajstić information content (AvgIpc) is 2.07. The second-order valence-corrected chi connectivity index (χ2v) is 4.90. The maximum absolute atomic E-state index is 5.97. The lowest BCUT2D eigenvalue weighted by Crippen LogP contribution is -1.86. The molecule has 0 amide bonds. The Labute approximate surface area is 100.0 Å². The molecule has 0 saturated heterocycles. The second-order valence-electron chi connectivity index (χ2n) is 2.54. The van der Waals surface area contributed by atoms with Gasteiger partial charge in [-0.05, 0) is 53.1 Å². The van der Waals surface area contributed by atoms with E-state index in [1.807, 2.05) is 6.07 Å². The van der Waals surface area contributed by atoms with Gasteiger partial charge in [0.25, 0.3) is 0 Å². The average molecular weight is 359 g/mol. The van der Waals surface area contributed by atoms with Crippen LogP contribution in [0.4, 0.5) is 0 Å². The van der Waals surface area contributed by atoms with E-state index in [4.69, 9.17) is 11.6 Å². The van der Waals surface area contributed by atoms with Crippen molar-refractivity contribution in [3.63, 3.8) is 0 Å². The molecule has 0 saturated carbocycles. The highest BCUT2D eigenvalue weighted by molar-refractivity contribution is 14.1. The van der Waals surface area contributed by atoms with Gasteiger partial charge in [-0.15, -0.1) is 0 Å². The van der Waals surface area contributed by atoms with Gasteiger partial charge >= 0.3 is 0 Å². The zero-order valence-electron chi connectivity index (χ0n) is 6.49. The van der Waals surface area contributed by atoms with E-state index < -0.39 is 0 Å². The van der Waals surface area contributed by atoms with E-state index in [1.54, 1.807) is 0 Å². The van der Waals surface area contributed by atoms with Gasteiger partial charge in [0.05, 0.1) is 5.02 Å². The van der Waals surface area contributed by atoms with Crippen LogP contribution in [0.15, 0.2) is 18.2 Å². The van der Waals surface area contributed by atoms with E-state index in [2.05, 4.69) is 50.7 Å². The maximum atomic E-state index is 5.97. The van der Waals surface area contributed by atoms with Crippen molar-refractivity contribution in [1.82, 2.24) is 0 Å². The fourth-order valence-electron chi connectivity index (χ4n) is 0.966. The molecule has 1 aromatic carbocycles. The van der Waals surface area contributed by atoms with Gasteiger partial charge in [-0.1, -0.05) is 33.6 Å². The van der Waals surface area contributed by atoms with Crippen LogP contribution in [0.3, 0.4) is 0 Å². The molecule has 66 valence electrons. The van der Waals surface area contributed by atoms with E-state index in [-0.39, 0.29) is 0 Å². The molecule has 0 heterocycles. The Morgan fingerprint density at radius 1 is 1.42 bits per heavy atom. The van der Waals surface area contributed by atoms with E-state index in [0.29, 0.717) is 0 Å². The summed E-state index contributed by atoms with van der Waals surface area (Å²) in [6.45, 7) is 0. The van der Waals surface area contributed by atoms with Crippen molar-refractivity contribution < 1.29 is 0 Å². The Morgan fingerprint density at radius 3 is 2.75 bits per heavy atom. The van der Waals surface area contributed by atoms with Crippen LogP contribution in [0, 0.1) is 3.57 Å². The van der Waals surface area contributed by atoms with Gasteiger partial charge in [0.2, 0.25) is 0 Å². The highest BCUT2D eigenvalue weighted by Gasteiger charge is 1.97. The van der Waals surface area contributed by atoms with Crippen LogP contribution in [0.2, 0.25) is 5.02 Å². The first-order valence-electron chi connectivity index (χ1n) is 3.74. The molecule has 0 fully saturated rings. The molecular weight excluding hydrogens is 350 g/mol. The van der Waals surface area contributed by atoms with Crippen molar-refractivity contribution in [3.8, 4) is 0 Å². The van der Waals surface area contributed by atoms with Gasteiger partial charge in [0.1, 0.15) is 0 Å². The number of aryl methyl sites for hydroxylation is 1. The first kappa shape index (κ1) is 10.8. The fraction of sp³-hybridized carbons (Fsp3) is 0.333. The molecule has 0 aromatic heterocycles. The van der Waals surface area contributed by atoms with Gasteiger partial charge in [0, 0.05) is 8.90 Å². The molecule has 0 nitrogen and oxygen atoms in total. The number of alkyl halides is 1. The zero-order chi connectivity index (χ0) is 8.97. The molecule has 0 aliphatic rings. The molecule has 0 radical (unpaired) electrons. The van der Waals surface area contributed by atoms with E-state index >= 15 is 0 Å². The summed E-state index contributed by atoms with van der Waals surface area (Å²) >= 11 is 11.6. The van der Waals surface area contributed by atoms with Crippen molar-refractivity contribution in [1.29, 1.82) is 0 Å². The number of hydrogen-bond acceptors (Lipinski definition) is 0. The maximum Gasteiger partial charge on any atom is 0.0542 e. The normalized spacial score (nSPS) is 10.2. The molecule has 0 aliphatic heterocycles. The van der Waals surface area contributed by atoms with Crippen molar-refractivity contribution in [2.45, 2.75) is 12.8 Å². The molecule has 0 aliphatic carbocycles. The van der Waals surface area contributed by atoms with Crippen LogP contribution in [0.1, 0.15) is 12.0 Å². The number of rotatable bonds is 3. The van der Waals surface area contributed by atoms with Gasteiger partial charge < -0.3 is 0 Å². The minimum Gasteiger partial charge on any atom is -0.0928 e. The lowest BCUT2D eigenvalue weighted by atomic mass is 10.1. The fourth-order valence-corrected chi connectivity index (χ4v) is 1.79. The van der Waals surface area contributed by atoms with E-state index in [9.17, 15) is 0 Å². The predicted octanol–water partition coefficient (Wildman–Crippen LogP) is 4.27. The Bertz CT molecular complexity index is 263. The smallest absolute Gasteiger partial charge is 0.0542 e. The van der Waals surface area contributed by atoms with Crippen LogP contribution in [0.5, 0.6) is 0 Å². The van der Waals surface area contributed by atoms with Crippen molar-refractivity contribution in [2.24, 2.45) is 0 Å². The summed E-state index contributed by atoms with van der Waals surface area (Å²) in [6, 6.07) is 6.24. The Kier molecular flexibility index (Phi) is 4.90. The summed E-state index contributed by atoms with van der Waals surface area (Å²) in [5.74, 6) is 0. The van der Waals surface area contributed by atoms with Crippen molar-refractivity contribution >= 4 is 50.1 Å². The highest BCUT2D eigenvalue weighted by atomic mass is 127. The molecule has 0 unspecified atom stereocenters.